The number of hydrogen-bond acceptors (Lipinski definition) is 8. The van der Waals surface area contributed by atoms with E-state index in [0.717, 1.165) is 0 Å². The smallest absolute Gasteiger partial charge is 0.322 e. The van der Waals surface area contributed by atoms with Gasteiger partial charge in [0.1, 0.15) is 0 Å². The fourth-order valence-electron chi connectivity index (χ4n) is 0.816. The Labute approximate surface area is 78.3 Å². The van der Waals surface area contributed by atoms with Crippen LogP contribution in [0.4, 0.5) is 12.0 Å². The van der Waals surface area contributed by atoms with Crippen LogP contribution in [0.3, 0.4) is 0 Å². The highest BCUT2D eigenvalue weighted by atomic mass is 16.4. The molecule has 2 aromatic rings. The van der Waals surface area contributed by atoms with Gasteiger partial charge >= 0.3 is 6.01 Å². The molecule has 0 spiro atoms. The molecule has 0 atom stereocenters. The van der Waals surface area contributed by atoms with Crippen molar-refractivity contribution in [3.8, 4) is 0 Å². The van der Waals surface area contributed by atoms with Gasteiger partial charge in [-0.05, 0) is 5.21 Å². The van der Waals surface area contributed by atoms with Crippen molar-refractivity contribution in [3.63, 3.8) is 0 Å². The Bertz CT molecular complexity index is 419. The summed E-state index contributed by atoms with van der Waals surface area (Å²) in [6.45, 7) is 0.197. The Morgan fingerprint density at radius 3 is 2.86 bits per heavy atom. The van der Waals surface area contributed by atoms with Gasteiger partial charge in [0.05, 0.1) is 13.6 Å². The molecule has 0 saturated carbocycles. The number of nitrogens with zero attached hydrogens (tertiary/aromatic N) is 6. The summed E-state index contributed by atoms with van der Waals surface area (Å²) in [6.07, 6.45) is 0. The largest absolute Gasteiger partial charge is 0.406 e. The molecule has 2 heterocycles. The predicted octanol–water partition coefficient (Wildman–Crippen LogP) is -1.20. The number of nitrogens with two attached hydrogens (primary N) is 1. The van der Waals surface area contributed by atoms with E-state index in [1.807, 2.05) is 0 Å². The van der Waals surface area contributed by atoms with E-state index in [1.54, 1.807) is 7.05 Å². The van der Waals surface area contributed by atoms with E-state index in [9.17, 15) is 0 Å². The van der Waals surface area contributed by atoms with Gasteiger partial charge in [-0.3, -0.25) is 5.32 Å². The molecule has 0 fully saturated rings. The normalized spacial score (nSPS) is 10.4. The van der Waals surface area contributed by atoms with Crippen molar-refractivity contribution in [3.05, 3.63) is 5.89 Å². The maximum atomic E-state index is 5.29. The molecule has 9 heteroatoms. The van der Waals surface area contributed by atoms with Crippen molar-refractivity contribution in [2.75, 3.05) is 5.32 Å². The summed E-state index contributed by atoms with van der Waals surface area (Å²) >= 11 is 0. The number of hydrogen-bond donors (Lipinski definition) is 2. The van der Waals surface area contributed by atoms with Crippen LogP contribution in [-0.4, -0.2) is 30.4 Å². The fraction of sp³-hybridized carbons (Fsp3) is 0.400. The van der Waals surface area contributed by atoms with Crippen LogP contribution >= 0.6 is 0 Å². The third kappa shape index (κ3) is 1.66. The van der Waals surface area contributed by atoms with Gasteiger partial charge in [0.2, 0.25) is 5.89 Å². The number of aromatic nitrogens is 6. The minimum absolute atomic E-state index is 0.193. The van der Waals surface area contributed by atoms with E-state index in [-0.39, 0.29) is 12.6 Å². The standard InChI is InChI=1S/C5H8N8O/c1-13-11-4(9-12-13)7-5-10-8-3(2-6)14-5/h2,6H2,1H3,(H,7,10,11). The maximum Gasteiger partial charge on any atom is 0.322 e. The van der Waals surface area contributed by atoms with Gasteiger partial charge in [0, 0.05) is 0 Å². The quantitative estimate of drug-likeness (QED) is 0.627. The van der Waals surface area contributed by atoms with Crippen molar-refractivity contribution >= 4 is 12.0 Å². The highest BCUT2D eigenvalue weighted by molar-refractivity contribution is 5.36. The minimum atomic E-state index is 0.193. The Hall–Kier alpha value is -2.03. The lowest BCUT2D eigenvalue weighted by molar-refractivity contribution is 0.511. The lowest BCUT2D eigenvalue weighted by Crippen LogP contribution is -1.95. The molecule has 0 aliphatic heterocycles. The molecule has 2 rings (SSSR count). The molecule has 0 aromatic carbocycles. The first-order chi connectivity index (χ1) is 6.78. The SMILES string of the molecule is Cn1nnc(Nc2nnc(CN)o2)n1. The molecule has 14 heavy (non-hydrogen) atoms. The summed E-state index contributed by atoms with van der Waals surface area (Å²) in [5.74, 6) is 0.635. The van der Waals surface area contributed by atoms with Gasteiger partial charge in [-0.1, -0.05) is 10.2 Å². The Morgan fingerprint density at radius 1 is 1.43 bits per heavy atom. The topological polar surface area (TPSA) is 121 Å². The summed E-state index contributed by atoms with van der Waals surface area (Å²) in [6, 6.07) is 0.193. The minimum Gasteiger partial charge on any atom is -0.406 e. The van der Waals surface area contributed by atoms with Crippen molar-refractivity contribution < 1.29 is 4.42 Å². The first-order valence-electron chi connectivity index (χ1n) is 3.81. The van der Waals surface area contributed by atoms with Gasteiger partial charge in [0.15, 0.2) is 0 Å². The molecule has 0 amide bonds. The zero-order chi connectivity index (χ0) is 9.97. The molecule has 3 N–H and O–H groups in total. The summed E-state index contributed by atoms with van der Waals surface area (Å²) in [7, 11) is 1.65. The second-order valence-corrected chi connectivity index (χ2v) is 2.43. The van der Waals surface area contributed by atoms with Gasteiger partial charge in [-0.2, -0.15) is 4.80 Å². The first kappa shape index (κ1) is 8.56. The van der Waals surface area contributed by atoms with Gasteiger partial charge in [-0.25, -0.2) is 0 Å². The molecule has 9 nitrogen and oxygen atoms in total. The second kappa shape index (κ2) is 3.38. The Morgan fingerprint density at radius 2 is 2.29 bits per heavy atom. The van der Waals surface area contributed by atoms with E-state index in [1.165, 1.54) is 4.80 Å². The third-order valence-electron chi connectivity index (χ3n) is 1.37. The van der Waals surface area contributed by atoms with Crippen LogP contribution in [0.2, 0.25) is 0 Å². The summed E-state index contributed by atoms with van der Waals surface area (Å²) in [5.41, 5.74) is 5.29. The van der Waals surface area contributed by atoms with Crippen molar-refractivity contribution in [1.82, 2.24) is 30.4 Å². The third-order valence-corrected chi connectivity index (χ3v) is 1.37. The summed E-state index contributed by atoms with van der Waals surface area (Å²) < 4.78 is 5.07. The summed E-state index contributed by atoms with van der Waals surface area (Å²) in [4.78, 5) is 1.31. The van der Waals surface area contributed by atoms with Gasteiger partial charge in [0.25, 0.3) is 5.95 Å². The number of tetrazole rings is 1. The van der Waals surface area contributed by atoms with E-state index in [0.29, 0.717) is 11.8 Å². The lowest BCUT2D eigenvalue weighted by atomic mass is 10.7. The summed E-state index contributed by atoms with van der Waals surface area (Å²) in [5, 5.41) is 21.2. The molecule has 0 unspecified atom stereocenters. The zero-order valence-electron chi connectivity index (χ0n) is 7.38. The molecule has 0 aliphatic carbocycles. The number of aryl methyl sites for hydroxylation is 1. The van der Waals surface area contributed by atoms with Crippen molar-refractivity contribution in [2.45, 2.75) is 6.54 Å². The van der Waals surface area contributed by atoms with Crippen molar-refractivity contribution in [2.24, 2.45) is 12.8 Å². The van der Waals surface area contributed by atoms with E-state index in [2.05, 4.69) is 30.9 Å². The number of anilines is 2. The molecule has 0 radical (unpaired) electrons. The maximum absolute atomic E-state index is 5.29. The fourth-order valence-corrected chi connectivity index (χ4v) is 0.816. The molecule has 74 valence electrons. The monoisotopic (exact) mass is 196 g/mol. The van der Waals surface area contributed by atoms with Crippen LogP contribution in [0.15, 0.2) is 4.42 Å². The van der Waals surface area contributed by atoms with Crippen LogP contribution in [0.1, 0.15) is 5.89 Å². The highest BCUT2D eigenvalue weighted by Crippen LogP contribution is 2.08. The molecule has 0 saturated heterocycles. The Kier molecular flexibility index (Phi) is 2.07. The molecular weight excluding hydrogens is 188 g/mol. The predicted molar refractivity (Wildman–Crippen MR) is 44.3 cm³/mol. The van der Waals surface area contributed by atoms with Crippen LogP contribution < -0.4 is 11.1 Å². The van der Waals surface area contributed by atoms with Crippen LogP contribution in [0.25, 0.3) is 0 Å². The molecule has 2 aromatic heterocycles. The zero-order valence-corrected chi connectivity index (χ0v) is 7.38. The second-order valence-electron chi connectivity index (χ2n) is 2.43. The molecule has 0 aliphatic rings. The lowest BCUT2D eigenvalue weighted by Gasteiger charge is -1.90. The van der Waals surface area contributed by atoms with E-state index in [4.69, 9.17) is 10.2 Å². The van der Waals surface area contributed by atoms with Gasteiger partial charge < -0.3 is 10.2 Å². The molecule has 0 bridgehead atoms. The van der Waals surface area contributed by atoms with Crippen LogP contribution in [0, 0.1) is 0 Å². The number of rotatable bonds is 3. The first-order valence-corrected chi connectivity index (χ1v) is 3.81. The van der Waals surface area contributed by atoms with Crippen LogP contribution in [-0.2, 0) is 13.6 Å². The highest BCUT2D eigenvalue weighted by Gasteiger charge is 2.07. The van der Waals surface area contributed by atoms with E-state index >= 15 is 0 Å². The van der Waals surface area contributed by atoms with E-state index < -0.39 is 0 Å². The van der Waals surface area contributed by atoms with Crippen LogP contribution in [0.5, 0.6) is 0 Å². The average molecular weight is 196 g/mol. The molecular formula is C5H8N8O. The average Bonchev–Trinajstić information content (AvgIpc) is 2.76. The van der Waals surface area contributed by atoms with Gasteiger partial charge in [-0.15, -0.1) is 10.2 Å². The number of nitrogens with one attached hydrogen (secondary N) is 1. The van der Waals surface area contributed by atoms with Crippen molar-refractivity contribution in [1.29, 1.82) is 0 Å². The Balaban J connectivity index is 2.10.